The lowest BCUT2D eigenvalue weighted by molar-refractivity contribution is -0.0514. The lowest BCUT2D eigenvalue weighted by Gasteiger charge is -2.34. The van der Waals surface area contributed by atoms with E-state index < -0.39 is 17.1 Å². The predicted octanol–water partition coefficient (Wildman–Crippen LogP) is 2.41. The van der Waals surface area contributed by atoms with Gasteiger partial charge in [0.1, 0.15) is 11.1 Å². The van der Waals surface area contributed by atoms with Crippen molar-refractivity contribution in [3.8, 4) is 11.5 Å². The van der Waals surface area contributed by atoms with Crippen LogP contribution in [0.5, 0.6) is 11.5 Å². The Morgan fingerprint density at radius 3 is 2.47 bits per heavy atom. The fraction of sp³-hybridized carbons (Fsp3) is 0.333. The minimum atomic E-state index is -2.01. The molecule has 8 nitrogen and oxygen atoms in total. The first-order valence-corrected chi connectivity index (χ1v) is 10.3. The number of aliphatic hydroxyl groups is 1. The van der Waals surface area contributed by atoms with Crippen molar-refractivity contribution in [3.63, 3.8) is 0 Å². The SMILES string of the molecule is COc1ccc(C2(O)c3c(oc4ccccc4c3=O)C(=O)N2CCCN(C)C)cc1OC. The van der Waals surface area contributed by atoms with E-state index in [0.29, 0.717) is 41.0 Å². The molecule has 1 N–H and O–H groups in total. The van der Waals surface area contributed by atoms with E-state index >= 15 is 0 Å². The van der Waals surface area contributed by atoms with Crippen LogP contribution in [0, 0.1) is 0 Å². The Bertz CT molecular complexity index is 1230. The minimum absolute atomic E-state index is 0.0849. The van der Waals surface area contributed by atoms with E-state index in [1.165, 1.54) is 19.1 Å². The molecular formula is C24H26N2O6. The van der Waals surface area contributed by atoms with Gasteiger partial charge in [-0.2, -0.15) is 0 Å². The van der Waals surface area contributed by atoms with Gasteiger partial charge in [0.15, 0.2) is 11.5 Å². The van der Waals surface area contributed by atoms with Crippen LogP contribution >= 0.6 is 0 Å². The fourth-order valence-corrected chi connectivity index (χ4v) is 4.18. The van der Waals surface area contributed by atoms with E-state index in [2.05, 4.69) is 0 Å². The number of nitrogens with zero attached hydrogens (tertiary/aromatic N) is 2. The van der Waals surface area contributed by atoms with E-state index in [1.807, 2.05) is 19.0 Å². The van der Waals surface area contributed by atoms with Gasteiger partial charge >= 0.3 is 0 Å². The Hall–Kier alpha value is -3.36. The summed E-state index contributed by atoms with van der Waals surface area (Å²) in [6.45, 7) is 0.924. The minimum Gasteiger partial charge on any atom is -0.493 e. The van der Waals surface area contributed by atoms with Crippen LogP contribution in [-0.4, -0.2) is 62.2 Å². The summed E-state index contributed by atoms with van der Waals surface area (Å²) in [4.78, 5) is 30.2. The van der Waals surface area contributed by atoms with Crippen molar-refractivity contribution in [2.24, 2.45) is 0 Å². The molecule has 168 valence electrons. The molecule has 8 heteroatoms. The third kappa shape index (κ3) is 3.32. The van der Waals surface area contributed by atoms with Crippen LogP contribution < -0.4 is 14.9 Å². The van der Waals surface area contributed by atoms with Crippen LogP contribution in [0.1, 0.15) is 28.1 Å². The summed E-state index contributed by atoms with van der Waals surface area (Å²) in [5.74, 6) is 0.168. The average Bonchev–Trinajstić information content (AvgIpc) is 3.01. The molecule has 0 bridgehead atoms. The number of hydrogen-bond donors (Lipinski definition) is 1. The van der Waals surface area contributed by atoms with Crippen LogP contribution in [0.4, 0.5) is 0 Å². The highest BCUT2D eigenvalue weighted by atomic mass is 16.5. The second-order valence-corrected chi connectivity index (χ2v) is 7.99. The number of benzene rings is 2. The third-order valence-corrected chi connectivity index (χ3v) is 5.75. The van der Waals surface area contributed by atoms with Gasteiger partial charge in [0, 0.05) is 12.1 Å². The van der Waals surface area contributed by atoms with Crippen LogP contribution in [0.25, 0.3) is 11.0 Å². The lowest BCUT2D eigenvalue weighted by Crippen LogP contribution is -2.47. The number of carbonyl (C=O) groups is 1. The standard InChI is InChI=1S/C24H26N2O6/c1-25(2)12-7-13-26-23(28)22-20(21(27)16-8-5-6-9-17(16)32-22)24(26,29)15-10-11-18(30-3)19(14-15)31-4/h5-6,8-11,14,29H,7,12-13H2,1-4H3. The molecule has 1 aromatic heterocycles. The van der Waals surface area contributed by atoms with Crippen LogP contribution in [0.2, 0.25) is 0 Å². The van der Waals surface area contributed by atoms with Gasteiger partial charge in [0.2, 0.25) is 16.9 Å². The Morgan fingerprint density at radius 2 is 1.78 bits per heavy atom. The van der Waals surface area contributed by atoms with Crippen LogP contribution in [-0.2, 0) is 5.72 Å². The van der Waals surface area contributed by atoms with E-state index in [-0.39, 0.29) is 17.9 Å². The molecule has 4 rings (SSSR count). The number of hydrogen-bond acceptors (Lipinski definition) is 7. The number of para-hydroxylation sites is 1. The summed E-state index contributed by atoms with van der Waals surface area (Å²) in [6, 6.07) is 11.5. The van der Waals surface area contributed by atoms with Gasteiger partial charge in [-0.15, -0.1) is 0 Å². The molecule has 3 aromatic rings. The largest absolute Gasteiger partial charge is 0.493 e. The van der Waals surface area contributed by atoms with Gasteiger partial charge < -0.3 is 23.9 Å². The fourth-order valence-electron chi connectivity index (χ4n) is 4.18. The zero-order valence-corrected chi connectivity index (χ0v) is 18.5. The van der Waals surface area contributed by atoms with Gasteiger partial charge in [0.05, 0.1) is 19.6 Å². The molecule has 32 heavy (non-hydrogen) atoms. The topological polar surface area (TPSA) is 92.5 Å². The first kappa shape index (κ1) is 21.9. The Labute approximate surface area is 185 Å². The summed E-state index contributed by atoms with van der Waals surface area (Å²) in [5, 5.41) is 12.4. The number of rotatable bonds is 7. The lowest BCUT2D eigenvalue weighted by atomic mass is 9.93. The van der Waals surface area contributed by atoms with Gasteiger partial charge in [0.25, 0.3) is 5.91 Å². The molecule has 0 spiro atoms. The number of methoxy groups -OCH3 is 2. The van der Waals surface area contributed by atoms with Gasteiger partial charge in [-0.3, -0.25) is 14.5 Å². The number of ether oxygens (including phenoxy) is 2. The van der Waals surface area contributed by atoms with Crippen molar-refractivity contribution >= 4 is 16.9 Å². The summed E-state index contributed by atoms with van der Waals surface area (Å²) in [6.07, 6.45) is 0.593. The predicted molar refractivity (Wildman–Crippen MR) is 119 cm³/mol. The van der Waals surface area contributed by atoms with Crippen molar-refractivity contribution < 1.29 is 23.8 Å². The number of carbonyl (C=O) groups excluding carboxylic acids is 1. The molecule has 0 aliphatic carbocycles. The summed E-state index contributed by atoms with van der Waals surface area (Å²) >= 11 is 0. The maximum absolute atomic E-state index is 13.5. The van der Waals surface area contributed by atoms with Gasteiger partial charge in [-0.05, 0) is 57.4 Å². The second kappa shape index (κ2) is 8.29. The Kier molecular flexibility index (Phi) is 5.66. The van der Waals surface area contributed by atoms with Crippen LogP contribution in [0.3, 0.4) is 0 Å². The normalized spacial score (nSPS) is 17.8. The average molecular weight is 438 g/mol. The molecule has 1 unspecified atom stereocenters. The first-order valence-electron chi connectivity index (χ1n) is 10.3. The molecule has 1 aliphatic heterocycles. The quantitative estimate of drug-likeness (QED) is 0.606. The zero-order chi connectivity index (χ0) is 23.0. The maximum atomic E-state index is 13.5. The van der Waals surface area contributed by atoms with Gasteiger partial charge in [-0.25, -0.2) is 0 Å². The molecule has 0 radical (unpaired) electrons. The molecule has 1 amide bonds. The molecule has 1 aliphatic rings. The second-order valence-electron chi connectivity index (χ2n) is 7.99. The van der Waals surface area contributed by atoms with Crippen LogP contribution in [0.15, 0.2) is 51.7 Å². The molecule has 2 aromatic carbocycles. The van der Waals surface area contributed by atoms with Crippen molar-refractivity contribution in [1.29, 1.82) is 0 Å². The molecule has 0 saturated carbocycles. The monoisotopic (exact) mass is 438 g/mol. The van der Waals surface area contributed by atoms with E-state index in [1.54, 1.807) is 42.5 Å². The highest BCUT2D eigenvalue weighted by Crippen LogP contribution is 2.43. The van der Waals surface area contributed by atoms with Crippen molar-refractivity contribution in [3.05, 3.63) is 69.6 Å². The van der Waals surface area contributed by atoms with E-state index in [4.69, 9.17) is 13.9 Å². The number of amides is 1. The highest BCUT2D eigenvalue weighted by molar-refractivity contribution is 5.99. The van der Waals surface area contributed by atoms with E-state index in [9.17, 15) is 14.7 Å². The maximum Gasteiger partial charge on any atom is 0.293 e. The summed E-state index contributed by atoms with van der Waals surface area (Å²) in [5.41, 5.74) is -1.92. The molecule has 0 saturated heterocycles. The number of fused-ring (bicyclic) bond motifs is 2. The van der Waals surface area contributed by atoms with Crippen molar-refractivity contribution in [2.75, 3.05) is 41.4 Å². The van der Waals surface area contributed by atoms with Gasteiger partial charge in [-0.1, -0.05) is 12.1 Å². The first-order chi connectivity index (χ1) is 15.3. The molecular weight excluding hydrogens is 412 g/mol. The summed E-state index contributed by atoms with van der Waals surface area (Å²) in [7, 11) is 6.85. The zero-order valence-electron chi connectivity index (χ0n) is 18.5. The molecule has 0 fully saturated rings. The Morgan fingerprint density at radius 1 is 1.06 bits per heavy atom. The molecule has 2 heterocycles. The van der Waals surface area contributed by atoms with E-state index in [0.717, 1.165) is 0 Å². The smallest absolute Gasteiger partial charge is 0.293 e. The summed E-state index contributed by atoms with van der Waals surface area (Å²) < 4.78 is 16.6. The molecule has 1 atom stereocenters. The van der Waals surface area contributed by atoms with Crippen molar-refractivity contribution in [2.45, 2.75) is 12.1 Å². The Balaban J connectivity index is 1.95. The van der Waals surface area contributed by atoms with Crippen molar-refractivity contribution in [1.82, 2.24) is 9.80 Å². The third-order valence-electron chi connectivity index (χ3n) is 5.75. The highest BCUT2D eigenvalue weighted by Gasteiger charge is 2.54.